The predicted molar refractivity (Wildman–Crippen MR) is 46.2 cm³/mol. The molecule has 0 fully saturated rings. The van der Waals surface area contributed by atoms with Gasteiger partial charge < -0.3 is 0 Å². The largest absolute Gasteiger partial charge is 0.318 e. The van der Waals surface area contributed by atoms with E-state index < -0.39 is 10.9 Å². The van der Waals surface area contributed by atoms with Gasteiger partial charge in [0, 0.05) is 5.02 Å². The van der Waals surface area contributed by atoms with Gasteiger partial charge in [0.15, 0.2) is 5.82 Å². The average molecular weight is 222 g/mol. The van der Waals surface area contributed by atoms with Crippen LogP contribution in [0, 0.1) is 15.9 Å². The molecule has 1 rings (SSSR count). The van der Waals surface area contributed by atoms with E-state index in [0.717, 1.165) is 12.1 Å². The highest BCUT2D eigenvalue weighted by Crippen LogP contribution is 2.20. The zero-order valence-electron chi connectivity index (χ0n) is 6.68. The first kappa shape index (κ1) is 10.5. The highest BCUT2D eigenvalue weighted by Gasteiger charge is 2.11. The Morgan fingerprint density at radius 1 is 1.64 bits per heavy atom. The molecular formula is C6H5ClFN3O3. The van der Waals surface area contributed by atoms with Crippen molar-refractivity contribution in [2.75, 3.05) is 5.17 Å². The van der Waals surface area contributed by atoms with E-state index in [1.54, 1.807) is 0 Å². The summed E-state index contributed by atoms with van der Waals surface area (Å²) in [5.74, 6) is 4.22. The summed E-state index contributed by atoms with van der Waals surface area (Å²) in [6.45, 7) is 0. The van der Waals surface area contributed by atoms with Crippen LogP contribution in [-0.4, -0.2) is 5.09 Å². The molecule has 0 bridgehead atoms. The van der Waals surface area contributed by atoms with E-state index in [1.165, 1.54) is 6.07 Å². The molecule has 0 amide bonds. The fourth-order valence-corrected chi connectivity index (χ4v) is 0.935. The fraction of sp³-hybridized carbons (Fsp3) is 0. The summed E-state index contributed by atoms with van der Waals surface area (Å²) >= 11 is 5.45. The van der Waals surface area contributed by atoms with Gasteiger partial charge in [-0.25, -0.2) is 10.2 Å². The monoisotopic (exact) mass is 221 g/mol. The molecule has 1 aromatic rings. The number of halogens is 2. The minimum absolute atomic E-state index is 0.153. The Hall–Kier alpha value is -1.60. The molecule has 8 heteroatoms. The first-order chi connectivity index (χ1) is 6.50. The lowest BCUT2D eigenvalue weighted by Crippen LogP contribution is -2.34. The van der Waals surface area contributed by atoms with Crippen LogP contribution in [-0.2, 0) is 4.94 Å². The quantitative estimate of drug-likeness (QED) is 0.472. The Bertz CT molecular complexity index is 362. The second-order valence-corrected chi connectivity index (χ2v) is 2.66. The SMILES string of the molecule is NN(O[N+](=O)[O-])c1ccc(Cl)cc1F. The van der Waals surface area contributed by atoms with Crippen LogP contribution in [0.25, 0.3) is 0 Å². The van der Waals surface area contributed by atoms with Gasteiger partial charge >= 0.3 is 5.09 Å². The topological polar surface area (TPSA) is 81.6 Å². The van der Waals surface area contributed by atoms with E-state index in [9.17, 15) is 14.5 Å². The normalized spacial score (nSPS) is 9.64. The zero-order valence-corrected chi connectivity index (χ0v) is 7.44. The van der Waals surface area contributed by atoms with Gasteiger partial charge in [0.05, 0.1) is 0 Å². The number of nitrogens with two attached hydrogens (primary N) is 1. The average Bonchev–Trinajstić information content (AvgIpc) is 2.01. The molecule has 0 spiro atoms. The number of hydrogen-bond donors (Lipinski definition) is 1. The van der Waals surface area contributed by atoms with Crippen molar-refractivity contribution in [1.82, 2.24) is 0 Å². The van der Waals surface area contributed by atoms with E-state index in [1.807, 2.05) is 0 Å². The minimum Gasteiger partial charge on any atom is -0.223 e. The summed E-state index contributed by atoms with van der Waals surface area (Å²) in [7, 11) is 0. The fourth-order valence-electron chi connectivity index (χ4n) is 0.776. The van der Waals surface area contributed by atoms with Crippen molar-refractivity contribution in [2.24, 2.45) is 5.84 Å². The summed E-state index contributed by atoms with van der Waals surface area (Å²) in [5, 5.41) is 9.07. The molecule has 0 radical (unpaired) electrons. The molecule has 76 valence electrons. The predicted octanol–water partition coefficient (Wildman–Crippen LogP) is 1.28. The molecule has 0 aliphatic carbocycles. The lowest BCUT2D eigenvalue weighted by molar-refractivity contribution is -0.762. The van der Waals surface area contributed by atoms with Crippen LogP contribution in [0.4, 0.5) is 10.1 Å². The summed E-state index contributed by atoms with van der Waals surface area (Å²) in [6.07, 6.45) is 0. The van der Waals surface area contributed by atoms with Gasteiger partial charge in [0.25, 0.3) is 0 Å². The van der Waals surface area contributed by atoms with Crippen molar-refractivity contribution in [3.05, 3.63) is 39.2 Å². The second kappa shape index (κ2) is 4.07. The van der Waals surface area contributed by atoms with Crippen molar-refractivity contribution >= 4 is 17.3 Å². The first-order valence-electron chi connectivity index (χ1n) is 3.33. The van der Waals surface area contributed by atoms with E-state index >= 15 is 0 Å². The lowest BCUT2D eigenvalue weighted by atomic mass is 10.3. The summed E-state index contributed by atoms with van der Waals surface area (Å²) in [4.78, 5) is 13.7. The summed E-state index contributed by atoms with van der Waals surface area (Å²) in [6, 6.07) is 3.43. The van der Waals surface area contributed by atoms with Crippen molar-refractivity contribution in [2.45, 2.75) is 0 Å². The van der Waals surface area contributed by atoms with Crippen molar-refractivity contribution < 1.29 is 14.4 Å². The number of benzene rings is 1. The number of hydrazine groups is 1. The number of hydrogen-bond acceptors (Lipinski definition) is 5. The lowest BCUT2D eigenvalue weighted by Gasteiger charge is -2.14. The molecule has 14 heavy (non-hydrogen) atoms. The van der Waals surface area contributed by atoms with Gasteiger partial charge in [-0.3, -0.25) is 0 Å². The van der Waals surface area contributed by atoms with Crippen LogP contribution >= 0.6 is 11.6 Å². The van der Waals surface area contributed by atoms with E-state index in [0.29, 0.717) is 0 Å². The molecule has 0 saturated carbocycles. The molecule has 6 nitrogen and oxygen atoms in total. The minimum atomic E-state index is -1.16. The maximum Gasteiger partial charge on any atom is 0.318 e. The van der Waals surface area contributed by atoms with Gasteiger partial charge in [0.2, 0.25) is 0 Å². The van der Waals surface area contributed by atoms with Crippen molar-refractivity contribution in [1.29, 1.82) is 0 Å². The van der Waals surface area contributed by atoms with Crippen LogP contribution in [0.15, 0.2) is 18.2 Å². The van der Waals surface area contributed by atoms with Gasteiger partial charge in [-0.15, -0.1) is 15.3 Å². The second-order valence-electron chi connectivity index (χ2n) is 2.23. The third kappa shape index (κ3) is 2.44. The molecular weight excluding hydrogens is 217 g/mol. The molecule has 0 atom stereocenters. The van der Waals surface area contributed by atoms with Gasteiger partial charge in [-0.1, -0.05) is 11.6 Å². The summed E-state index contributed by atoms with van der Waals surface area (Å²) < 4.78 is 13.0. The Morgan fingerprint density at radius 2 is 2.29 bits per heavy atom. The molecule has 2 N–H and O–H groups in total. The smallest absolute Gasteiger partial charge is 0.223 e. The Kier molecular flexibility index (Phi) is 3.05. The van der Waals surface area contributed by atoms with E-state index in [-0.39, 0.29) is 15.9 Å². The number of rotatable bonds is 3. The van der Waals surface area contributed by atoms with Gasteiger partial charge in [-0.2, -0.15) is 4.94 Å². The molecule has 0 heterocycles. The molecule has 0 unspecified atom stereocenters. The van der Waals surface area contributed by atoms with Crippen LogP contribution in [0.3, 0.4) is 0 Å². The Balaban J connectivity index is 2.90. The highest BCUT2D eigenvalue weighted by molar-refractivity contribution is 6.30. The van der Waals surface area contributed by atoms with Crippen LogP contribution < -0.4 is 11.0 Å². The molecule has 0 aromatic heterocycles. The molecule has 0 saturated heterocycles. The van der Waals surface area contributed by atoms with Gasteiger partial charge in [0.1, 0.15) is 5.69 Å². The molecule has 0 aliphatic rings. The third-order valence-corrected chi connectivity index (χ3v) is 1.54. The van der Waals surface area contributed by atoms with Crippen LogP contribution in [0.5, 0.6) is 0 Å². The van der Waals surface area contributed by atoms with Crippen LogP contribution in [0.2, 0.25) is 5.02 Å². The maximum absolute atomic E-state index is 13.0. The Labute approximate surface area is 82.6 Å². The zero-order chi connectivity index (χ0) is 10.7. The van der Waals surface area contributed by atoms with Gasteiger partial charge in [-0.05, 0) is 18.2 Å². The maximum atomic E-state index is 13.0. The van der Waals surface area contributed by atoms with Crippen LogP contribution in [0.1, 0.15) is 0 Å². The number of nitrogens with zero attached hydrogens (tertiary/aromatic N) is 2. The molecule has 1 aromatic carbocycles. The summed E-state index contributed by atoms with van der Waals surface area (Å²) in [5.41, 5.74) is -0.286. The standard InChI is InChI=1S/C6H5ClFN3O3/c7-4-1-2-6(5(8)3-4)10(9)14-11(12)13/h1-3H,9H2. The first-order valence-corrected chi connectivity index (χ1v) is 3.71. The van der Waals surface area contributed by atoms with E-state index in [4.69, 9.17) is 17.4 Å². The highest BCUT2D eigenvalue weighted by atomic mass is 35.5. The Morgan fingerprint density at radius 3 is 2.79 bits per heavy atom. The van der Waals surface area contributed by atoms with Crippen molar-refractivity contribution in [3.63, 3.8) is 0 Å². The number of anilines is 1. The van der Waals surface area contributed by atoms with E-state index in [2.05, 4.69) is 4.94 Å². The molecule has 0 aliphatic heterocycles. The van der Waals surface area contributed by atoms with Crippen molar-refractivity contribution in [3.8, 4) is 0 Å². The third-order valence-electron chi connectivity index (χ3n) is 1.30.